The average molecular weight is 364 g/mol. The van der Waals surface area contributed by atoms with Gasteiger partial charge in [0.05, 0.1) is 18.5 Å². The minimum absolute atomic E-state index is 0.0219. The quantitative estimate of drug-likeness (QED) is 0.711. The molecule has 0 unspecified atom stereocenters. The van der Waals surface area contributed by atoms with Gasteiger partial charge in [-0.05, 0) is 30.7 Å². The van der Waals surface area contributed by atoms with Gasteiger partial charge in [-0.15, -0.1) is 0 Å². The number of methoxy groups -OCH3 is 1. The number of hydrogen-bond acceptors (Lipinski definition) is 5. The van der Waals surface area contributed by atoms with Crippen LogP contribution in [0.15, 0.2) is 53.5 Å². The van der Waals surface area contributed by atoms with E-state index in [1.165, 1.54) is 0 Å². The van der Waals surface area contributed by atoms with Crippen LogP contribution in [-0.4, -0.2) is 47.6 Å². The third-order valence-corrected chi connectivity index (χ3v) is 5.04. The molecule has 2 aromatic heterocycles. The monoisotopic (exact) mass is 364 g/mol. The van der Waals surface area contributed by atoms with Crippen molar-refractivity contribution < 1.29 is 4.74 Å². The lowest BCUT2D eigenvalue weighted by molar-refractivity contribution is 0.246. The molecule has 3 heterocycles. The van der Waals surface area contributed by atoms with Crippen molar-refractivity contribution in [1.29, 1.82) is 0 Å². The number of rotatable bonds is 4. The molecule has 6 nitrogen and oxygen atoms in total. The first-order chi connectivity index (χ1) is 13.1. The van der Waals surface area contributed by atoms with Crippen LogP contribution in [0.5, 0.6) is 5.75 Å². The van der Waals surface area contributed by atoms with Crippen molar-refractivity contribution in [2.75, 3.05) is 38.2 Å². The van der Waals surface area contributed by atoms with Gasteiger partial charge in [0.1, 0.15) is 11.4 Å². The van der Waals surface area contributed by atoms with Crippen LogP contribution in [0, 0.1) is 6.92 Å². The number of anilines is 1. The van der Waals surface area contributed by atoms with Crippen LogP contribution in [0.2, 0.25) is 0 Å². The summed E-state index contributed by atoms with van der Waals surface area (Å²) in [6.07, 6.45) is 1.83. The molecule has 4 rings (SSSR count). The summed E-state index contributed by atoms with van der Waals surface area (Å²) in [6, 6.07) is 13.7. The van der Waals surface area contributed by atoms with Crippen molar-refractivity contribution >= 4 is 11.3 Å². The summed E-state index contributed by atoms with van der Waals surface area (Å²) in [5, 5.41) is 0. The molecule has 0 spiro atoms. The third-order valence-electron chi connectivity index (χ3n) is 5.04. The zero-order valence-electron chi connectivity index (χ0n) is 15.8. The van der Waals surface area contributed by atoms with Crippen LogP contribution in [-0.2, 0) is 6.54 Å². The highest BCUT2D eigenvalue weighted by Crippen LogP contribution is 2.28. The Balaban J connectivity index is 1.46. The van der Waals surface area contributed by atoms with E-state index in [-0.39, 0.29) is 5.56 Å². The normalized spacial score (nSPS) is 15.3. The summed E-state index contributed by atoms with van der Waals surface area (Å²) in [5.41, 5.74) is 3.69. The van der Waals surface area contributed by atoms with Crippen molar-refractivity contribution in [3.63, 3.8) is 0 Å². The van der Waals surface area contributed by atoms with Crippen molar-refractivity contribution in [3.8, 4) is 5.75 Å². The Morgan fingerprint density at radius 1 is 1.07 bits per heavy atom. The Morgan fingerprint density at radius 3 is 2.63 bits per heavy atom. The van der Waals surface area contributed by atoms with E-state index in [9.17, 15) is 4.79 Å². The Bertz CT molecular complexity index is 1010. The molecule has 0 amide bonds. The van der Waals surface area contributed by atoms with Crippen molar-refractivity contribution in [2.45, 2.75) is 13.5 Å². The number of piperazine rings is 1. The fraction of sp³-hybridized carbons (Fsp3) is 0.333. The number of nitrogens with zero attached hydrogens (tertiary/aromatic N) is 4. The molecule has 140 valence electrons. The number of pyridine rings is 1. The molecule has 1 saturated heterocycles. The van der Waals surface area contributed by atoms with E-state index in [2.05, 4.69) is 20.9 Å². The van der Waals surface area contributed by atoms with Gasteiger partial charge in [0.25, 0.3) is 5.56 Å². The average Bonchev–Trinajstić information content (AvgIpc) is 2.69. The molecule has 1 aliphatic heterocycles. The second-order valence-electron chi connectivity index (χ2n) is 6.96. The molecule has 0 saturated carbocycles. The van der Waals surface area contributed by atoms with Crippen LogP contribution in [0.3, 0.4) is 0 Å². The third kappa shape index (κ3) is 3.66. The smallest absolute Gasteiger partial charge is 0.258 e. The SMILES string of the molecule is COc1ccccc1N1CCN(Cc2cc(=O)n3cc(C)ccc3n2)CC1. The summed E-state index contributed by atoms with van der Waals surface area (Å²) < 4.78 is 7.09. The Kier molecular flexibility index (Phi) is 4.81. The van der Waals surface area contributed by atoms with Crippen LogP contribution in [0.4, 0.5) is 5.69 Å². The molecule has 0 radical (unpaired) electrons. The zero-order chi connectivity index (χ0) is 18.8. The molecule has 0 atom stereocenters. The van der Waals surface area contributed by atoms with Gasteiger partial charge in [-0.3, -0.25) is 14.1 Å². The number of para-hydroxylation sites is 2. The van der Waals surface area contributed by atoms with Crippen LogP contribution in [0.1, 0.15) is 11.3 Å². The van der Waals surface area contributed by atoms with E-state index >= 15 is 0 Å². The molecule has 1 fully saturated rings. The number of ether oxygens (including phenoxy) is 1. The predicted octanol–water partition coefficient (Wildman–Crippen LogP) is 2.33. The van der Waals surface area contributed by atoms with Gasteiger partial charge in [-0.2, -0.15) is 0 Å². The van der Waals surface area contributed by atoms with E-state index in [1.54, 1.807) is 17.6 Å². The van der Waals surface area contributed by atoms with Gasteiger partial charge >= 0.3 is 0 Å². The van der Waals surface area contributed by atoms with Gasteiger partial charge in [-0.1, -0.05) is 18.2 Å². The molecule has 6 heteroatoms. The molecule has 0 N–H and O–H groups in total. The number of benzene rings is 1. The highest BCUT2D eigenvalue weighted by molar-refractivity contribution is 5.58. The van der Waals surface area contributed by atoms with Crippen molar-refractivity contribution in [2.24, 2.45) is 0 Å². The van der Waals surface area contributed by atoms with Crippen LogP contribution >= 0.6 is 0 Å². The van der Waals surface area contributed by atoms with Crippen molar-refractivity contribution in [3.05, 3.63) is 70.3 Å². The Morgan fingerprint density at radius 2 is 1.85 bits per heavy atom. The molecular weight excluding hydrogens is 340 g/mol. The minimum atomic E-state index is -0.0219. The first-order valence-corrected chi connectivity index (χ1v) is 9.23. The number of hydrogen-bond donors (Lipinski definition) is 0. The van der Waals surface area contributed by atoms with E-state index in [1.807, 2.05) is 43.5 Å². The van der Waals surface area contributed by atoms with Gasteiger partial charge in [0.2, 0.25) is 0 Å². The van der Waals surface area contributed by atoms with Crippen LogP contribution in [0.25, 0.3) is 5.65 Å². The van der Waals surface area contributed by atoms with Crippen molar-refractivity contribution in [1.82, 2.24) is 14.3 Å². The number of aryl methyl sites for hydroxylation is 1. The lowest BCUT2D eigenvalue weighted by Crippen LogP contribution is -2.46. The number of fused-ring (bicyclic) bond motifs is 1. The second-order valence-corrected chi connectivity index (χ2v) is 6.96. The first kappa shape index (κ1) is 17.5. The van der Waals surface area contributed by atoms with E-state index in [0.29, 0.717) is 12.2 Å². The maximum absolute atomic E-state index is 12.4. The molecule has 0 aliphatic carbocycles. The van der Waals surface area contributed by atoms with E-state index in [0.717, 1.165) is 48.9 Å². The van der Waals surface area contributed by atoms with E-state index < -0.39 is 0 Å². The summed E-state index contributed by atoms with van der Waals surface area (Å²) in [7, 11) is 1.71. The maximum atomic E-state index is 12.4. The molecule has 1 aromatic carbocycles. The van der Waals surface area contributed by atoms with Gasteiger partial charge in [-0.25, -0.2) is 4.98 Å². The summed E-state index contributed by atoms with van der Waals surface area (Å²) in [4.78, 5) is 21.7. The van der Waals surface area contributed by atoms with Gasteiger partial charge in [0, 0.05) is 45.0 Å². The largest absolute Gasteiger partial charge is 0.495 e. The molecule has 1 aliphatic rings. The first-order valence-electron chi connectivity index (χ1n) is 9.23. The topological polar surface area (TPSA) is 50.1 Å². The standard InChI is InChI=1S/C21H24N4O2/c1-16-7-8-20-22-17(13-21(26)25(20)14-16)15-23-9-11-24(12-10-23)18-5-3-4-6-19(18)27-2/h3-8,13-14H,9-12,15H2,1-2H3. The lowest BCUT2D eigenvalue weighted by Gasteiger charge is -2.36. The van der Waals surface area contributed by atoms with Gasteiger partial charge in [0.15, 0.2) is 0 Å². The van der Waals surface area contributed by atoms with Crippen LogP contribution < -0.4 is 15.2 Å². The zero-order valence-corrected chi connectivity index (χ0v) is 15.8. The maximum Gasteiger partial charge on any atom is 0.258 e. The Hall–Kier alpha value is -2.86. The highest BCUT2D eigenvalue weighted by Gasteiger charge is 2.20. The summed E-state index contributed by atoms with van der Waals surface area (Å²) in [6.45, 7) is 6.36. The highest BCUT2D eigenvalue weighted by atomic mass is 16.5. The van der Waals surface area contributed by atoms with E-state index in [4.69, 9.17) is 4.74 Å². The molecule has 27 heavy (non-hydrogen) atoms. The lowest BCUT2D eigenvalue weighted by atomic mass is 10.2. The predicted molar refractivity (Wildman–Crippen MR) is 107 cm³/mol. The number of aromatic nitrogens is 2. The molecule has 3 aromatic rings. The minimum Gasteiger partial charge on any atom is -0.495 e. The van der Waals surface area contributed by atoms with Gasteiger partial charge < -0.3 is 9.64 Å². The second kappa shape index (κ2) is 7.40. The summed E-state index contributed by atoms with van der Waals surface area (Å²) >= 11 is 0. The fourth-order valence-corrected chi connectivity index (χ4v) is 3.61. The summed E-state index contributed by atoms with van der Waals surface area (Å²) in [5.74, 6) is 0.908. The molecular formula is C21H24N4O2. The Labute approximate surface area is 158 Å². The fourth-order valence-electron chi connectivity index (χ4n) is 3.61. The molecule has 0 bridgehead atoms.